The van der Waals surface area contributed by atoms with E-state index in [4.69, 9.17) is 7.85 Å². The number of allylic oxidation sites excluding steroid dienone is 3. The third-order valence-corrected chi connectivity index (χ3v) is 5.55. The molecule has 0 saturated heterocycles. The molecule has 0 N–H and O–H groups in total. The predicted octanol–water partition coefficient (Wildman–Crippen LogP) is 5.23. The molecular formula is C19H16BBr2N. The van der Waals surface area contributed by atoms with Crippen molar-refractivity contribution in [3.8, 4) is 0 Å². The zero-order valence-electron chi connectivity index (χ0n) is 12.8. The van der Waals surface area contributed by atoms with Gasteiger partial charge < -0.3 is 4.90 Å². The van der Waals surface area contributed by atoms with Crippen LogP contribution in [0.2, 0.25) is 0 Å². The third-order valence-electron chi connectivity index (χ3n) is 3.88. The Kier molecular flexibility index (Phi) is 5.13. The molecule has 0 aromatic heterocycles. The predicted molar refractivity (Wildman–Crippen MR) is 107 cm³/mol. The van der Waals surface area contributed by atoms with Gasteiger partial charge in [0.05, 0.1) is 0 Å². The molecule has 0 fully saturated rings. The van der Waals surface area contributed by atoms with Crippen molar-refractivity contribution in [2.75, 3.05) is 4.90 Å². The second-order valence-corrected chi connectivity index (χ2v) is 7.63. The minimum atomic E-state index is 0.379. The fourth-order valence-corrected chi connectivity index (χ4v) is 3.16. The van der Waals surface area contributed by atoms with Crippen LogP contribution in [0.25, 0.3) is 0 Å². The Hall–Kier alpha value is -1.26. The first-order chi connectivity index (χ1) is 11.0. The van der Waals surface area contributed by atoms with E-state index in [1.165, 1.54) is 5.70 Å². The largest absolute Gasteiger partial charge is 0.311 e. The second kappa shape index (κ2) is 7.10. The molecule has 2 atom stereocenters. The van der Waals surface area contributed by atoms with Gasteiger partial charge in [0, 0.05) is 26.4 Å². The zero-order chi connectivity index (χ0) is 16.4. The van der Waals surface area contributed by atoms with Crippen molar-refractivity contribution >= 4 is 56.5 Å². The Morgan fingerprint density at radius 3 is 2.09 bits per heavy atom. The van der Waals surface area contributed by atoms with Crippen LogP contribution in [0.4, 0.5) is 11.4 Å². The molecule has 2 aromatic rings. The molecule has 1 aliphatic carbocycles. The molecule has 23 heavy (non-hydrogen) atoms. The summed E-state index contributed by atoms with van der Waals surface area (Å²) < 4.78 is 1.07. The lowest BCUT2D eigenvalue weighted by molar-refractivity contribution is 0.750. The molecule has 0 spiro atoms. The van der Waals surface area contributed by atoms with E-state index in [2.05, 4.69) is 98.3 Å². The number of alkyl halides is 1. The van der Waals surface area contributed by atoms with Gasteiger partial charge in [-0.3, -0.25) is 0 Å². The maximum atomic E-state index is 5.84. The van der Waals surface area contributed by atoms with Crippen molar-refractivity contribution in [2.24, 2.45) is 5.92 Å². The number of hydrogen-bond acceptors (Lipinski definition) is 1. The van der Waals surface area contributed by atoms with Crippen LogP contribution in [-0.2, 0) is 0 Å². The monoisotopic (exact) mass is 427 g/mol. The molecule has 2 unspecified atom stereocenters. The lowest BCUT2D eigenvalue weighted by Gasteiger charge is -2.30. The van der Waals surface area contributed by atoms with Crippen molar-refractivity contribution in [3.05, 3.63) is 76.9 Å². The summed E-state index contributed by atoms with van der Waals surface area (Å²) in [6, 6.07) is 16.3. The summed E-state index contributed by atoms with van der Waals surface area (Å²) in [4.78, 5) is 2.63. The fourth-order valence-electron chi connectivity index (χ4n) is 2.59. The lowest BCUT2D eigenvalue weighted by Crippen LogP contribution is -2.21. The first-order valence-electron chi connectivity index (χ1n) is 7.50. The standard InChI is InChI=1S/C19H16BBr2N/c1-13-12-18(10-11-19(13)22)23(16-6-2-14(20)3-7-16)17-8-4-15(21)5-9-17/h2-13,19H,1H3. The van der Waals surface area contributed by atoms with Gasteiger partial charge in [-0.1, -0.05) is 68.5 Å². The SMILES string of the molecule is [B]c1ccc(N(C2=CC(C)C(Br)C=C2)c2ccc(Br)cc2)cc1. The molecule has 0 bridgehead atoms. The summed E-state index contributed by atoms with van der Waals surface area (Å²) in [5, 5.41) is 0. The fraction of sp³-hybridized carbons (Fsp3) is 0.158. The highest BCUT2D eigenvalue weighted by Crippen LogP contribution is 2.34. The smallest absolute Gasteiger partial charge is 0.113 e. The Morgan fingerprint density at radius 1 is 0.957 bits per heavy atom. The van der Waals surface area contributed by atoms with Crippen LogP contribution in [0, 0.1) is 5.92 Å². The molecule has 0 saturated carbocycles. The first-order valence-corrected chi connectivity index (χ1v) is 9.21. The maximum Gasteiger partial charge on any atom is 0.113 e. The van der Waals surface area contributed by atoms with Crippen LogP contribution in [-0.4, -0.2) is 12.7 Å². The van der Waals surface area contributed by atoms with Gasteiger partial charge in [-0.25, -0.2) is 0 Å². The molecule has 1 aliphatic rings. The minimum absolute atomic E-state index is 0.379. The van der Waals surface area contributed by atoms with Gasteiger partial charge in [0.25, 0.3) is 0 Å². The summed E-state index contributed by atoms with van der Waals surface area (Å²) in [7, 11) is 5.84. The Morgan fingerprint density at radius 2 is 1.52 bits per heavy atom. The minimum Gasteiger partial charge on any atom is -0.311 e. The molecule has 2 aromatic carbocycles. The van der Waals surface area contributed by atoms with Crippen LogP contribution in [0.5, 0.6) is 0 Å². The molecule has 114 valence electrons. The number of halogens is 2. The molecule has 3 rings (SSSR count). The van der Waals surface area contributed by atoms with E-state index in [0.29, 0.717) is 10.7 Å². The Balaban J connectivity index is 2.07. The molecular weight excluding hydrogens is 413 g/mol. The van der Waals surface area contributed by atoms with Crippen LogP contribution in [0.15, 0.2) is 76.9 Å². The number of hydrogen-bond donors (Lipinski definition) is 0. The summed E-state index contributed by atoms with van der Waals surface area (Å²) >= 11 is 7.19. The van der Waals surface area contributed by atoms with Crippen molar-refractivity contribution in [1.29, 1.82) is 0 Å². The Bertz CT molecular complexity index is 689. The van der Waals surface area contributed by atoms with E-state index in [1.807, 2.05) is 12.1 Å². The van der Waals surface area contributed by atoms with E-state index in [1.54, 1.807) is 0 Å². The van der Waals surface area contributed by atoms with E-state index in [0.717, 1.165) is 21.3 Å². The van der Waals surface area contributed by atoms with Crippen LogP contribution < -0.4 is 10.4 Å². The van der Waals surface area contributed by atoms with E-state index in [9.17, 15) is 0 Å². The normalized spacial score (nSPS) is 20.2. The van der Waals surface area contributed by atoms with E-state index in [-0.39, 0.29) is 0 Å². The van der Waals surface area contributed by atoms with Gasteiger partial charge in [0.15, 0.2) is 0 Å². The van der Waals surface area contributed by atoms with Crippen molar-refractivity contribution in [2.45, 2.75) is 11.8 Å². The summed E-state index contributed by atoms with van der Waals surface area (Å²) in [6.45, 7) is 2.21. The van der Waals surface area contributed by atoms with Crippen molar-refractivity contribution in [3.63, 3.8) is 0 Å². The van der Waals surface area contributed by atoms with Gasteiger partial charge in [0.1, 0.15) is 7.85 Å². The topological polar surface area (TPSA) is 3.24 Å². The summed E-state index contributed by atoms with van der Waals surface area (Å²) in [5.41, 5.74) is 4.15. The van der Waals surface area contributed by atoms with E-state index < -0.39 is 0 Å². The highest BCUT2D eigenvalue weighted by molar-refractivity contribution is 9.10. The number of benzene rings is 2. The number of rotatable bonds is 3. The summed E-state index contributed by atoms with van der Waals surface area (Å²) in [5.74, 6) is 0.432. The van der Waals surface area contributed by atoms with Gasteiger partial charge in [-0.05, 0) is 48.4 Å². The highest BCUT2D eigenvalue weighted by Gasteiger charge is 2.19. The maximum absolute atomic E-state index is 5.84. The zero-order valence-corrected chi connectivity index (χ0v) is 16.0. The molecule has 0 heterocycles. The average Bonchev–Trinajstić information content (AvgIpc) is 2.55. The van der Waals surface area contributed by atoms with Crippen LogP contribution >= 0.6 is 31.9 Å². The van der Waals surface area contributed by atoms with Gasteiger partial charge in [-0.15, -0.1) is 0 Å². The van der Waals surface area contributed by atoms with Gasteiger partial charge in [0.2, 0.25) is 0 Å². The van der Waals surface area contributed by atoms with Gasteiger partial charge in [-0.2, -0.15) is 0 Å². The van der Waals surface area contributed by atoms with Crippen molar-refractivity contribution < 1.29 is 0 Å². The highest BCUT2D eigenvalue weighted by atomic mass is 79.9. The second-order valence-electron chi connectivity index (χ2n) is 5.66. The quantitative estimate of drug-likeness (QED) is 0.477. The van der Waals surface area contributed by atoms with Crippen LogP contribution in [0.3, 0.4) is 0 Å². The molecule has 2 radical (unpaired) electrons. The first kappa shape index (κ1) is 16.6. The molecule has 0 amide bonds. The van der Waals surface area contributed by atoms with Crippen LogP contribution in [0.1, 0.15) is 6.92 Å². The molecule has 1 nitrogen and oxygen atoms in total. The molecule has 4 heteroatoms. The number of anilines is 2. The van der Waals surface area contributed by atoms with Crippen molar-refractivity contribution in [1.82, 2.24) is 0 Å². The third kappa shape index (κ3) is 3.81. The average molecular weight is 429 g/mol. The molecule has 0 aliphatic heterocycles. The Labute approximate surface area is 155 Å². The number of nitrogens with zero attached hydrogens (tertiary/aromatic N) is 1. The summed E-state index contributed by atoms with van der Waals surface area (Å²) in [6.07, 6.45) is 6.65. The lowest BCUT2D eigenvalue weighted by atomic mass is 9.95. The van der Waals surface area contributed by atoms with E-state index >= 15 is 0 Å². The van der Waals surface area contributed by atoms with Gasteiger partial charge >= 0.3 is 0 Å².